The quantitative estimate of drug-likeness (QED) is 0.876. The summed E-state index contributed by atoms with van der Waals surface area (Å²) in [4.78, 5) is 12.0. The molecule has 1 saturated heterocycles. The van der Waals surface area contributed by atoms with E-state index in [-0.39, 0.29) is 17.5 Å². The average Bonchev–Trinajstić information content (AvgIpc) is 2.99. The molecule has 1 fully saturated rings. The zero-order valence-corrected chi connectivity index (χ0v) is 13.2. The van der Waals surface area contributed by atoms with Gasteiger partial charge >= 0.3 is 6.03 Å². The minimum absolute atomic E-state index is 0.0414. The highest BCUT2D eigenvalue weighted by atomic mass is 16.5. The Kier molecular flexibility index (Phi) is 5.23. The molecule has 2 amide bonds. The highest BCUT2D eigenvalue weighted by Gasteiger charge is 2.29. The van der Waals surface area contributed by atoms with Gasteiger partial charge in [0.1, 0.15) is 0 Å². The van der Waals surface area contributed by atoms with Gasteiger partial charge in [-0.3, -0.25) is 0 Å². The summed E-state index contributed by atoms with van der Waals surface area (Å²) in [5.74, 6) is 0.452. The second kappa shape index (κ2) is 6.94. The van der Waals surface area contributed by atoms with Crippen LogP contribution in [0.15, 0.2) is 30.3 Å². The van der Waals surface area contributed by atoms with Crippen LogP contribution in [-0.4, -0.2) is 31.8 Å². The van der Waals surface area contributed by atoms with Gasteiger partial charge in [0.25, 0.3) is 0 Å². The van der Waals surface area contributed by atoms with E-state index in [0.717, 1.165) is 19.6 Å². The van der Waals surface area contributed by atoms with Crippen molar-refractivity contribution in [3.05, 3.63) is 35.9 Å². The number of nitrogens with one attached hydrogen (secondary N) is 2. The molecule has 2 atom stereocenters. The molecule has 21 heavy (non-hydrogen) atoms. The first-order valence-electron chi connectivity index (χ1n) is 7.68. The number of carbonyl (C=O) groups excluding carboxylic acids is 1. The first kappa shape index (κ1) is 15.8. The molecule has 1 aliphatic heterocycles. The van der Waals surface area contributed by atoms with Crippen molar-refractivity contribution in [3.63, 3.8) is 0 Å². The zero-order valence-electron chi connectivity index (χ0n) is 13.2. The van der Waals surface area contributed by atoms with Crippen LogP contribution in [0.5, 0.6) is 0 Å². The predicted molar refractivity (Wildman–Crippen MR) is 84.4 cm³/mol. The fourth-order valence-electron chi connectivity index (χ4n) is 2.53. The lowest BCUT2D eigenvalue weighted by Gasteiger charge is -2.33. The Labute approximate surface area is 127 Å². The van der Waals surface area contributed by atoms with Gasteiger partial charge in [0.05, 0.1) is 6.61 Å². The molecule has 1 aromatic carbocycles. The number of amides is 2. The number of hydrogen-bond acceptors (Lipinski definition) is 2. The molecule has 0 spiro atoms. The molecular formula is C17H26N2O2. The van der Waals surface area contributed by atoms with Crippen LogP contribution in [0.1, 0.15) is 32.8 Å². The van der Waals surface area contributed by atoms with Crippen LogP contribution in [0.2, 0.25) is 0 Å². The van der Waals surface area contributed by atoms with E-state index in [4.69, 9.17) is 4.74 Å². The highest BCUT2D eigenvalue weighted by molar-refractivity contribution is 5.74. The van der Waals surface area contributed by atoms with Crippen molar-refractivity contribution in [1.82, 2.24) is 10.6 Å². The van der Waals surface area contributed by atoms with Gasteiger partial charge in [-0.1, -0.05) is 44.2 Å². The summed E-state index contributed by atoms with van der Waals surface area (Å²) in [6, 6.07) is 10.2. The van der Waals surface area contributed by atoms with Gasteiger partial charge in [0, 0.05) is 30.5 Å². The van der Waals surface area contributed by atoms with Gasteiger partial charge in [-0.05, 0) is 18.9 Å². The summed E-state index contributed by atoms with van der Waals surface area (Å²) >= 11 is 0. The van der Waals surface area contributed by atoms with Crippen LogP contribution in [0.4, 0.5) is 4.79 Å². The molecule has 4 nitrogen and oxygen atoms in total. The molecular weight excluding hydrogens is 264 g/mol. The van der Waals surface area contributed by atoms with Crippen molar-refractivity contribution in [1.29, 1.82) is 0 Å². The molecule has 0 saturated carbocycles. The first-order chi connectivity index (χ1) is 10.00. The molecule has 1 heterocycles. The Bertz CT molecular complexity index is 453. The van der Waals surface area contributed by atoms with E-state index in [0.29, 0.717) is 12.5 Å². The molecule has 1 aliphatic rings. The van der Waals surface area contributed by atoms with Crippen LogP contribution in [-0.2, 0) is 10.2 Å². The fraction of sp³-hybridized carbons (Fsp3) is 0.588. The van der Waals surface area contributed by atoms with Gasteiger partial charge in [-0.25, -0.2) is 4.79 Å². The normalized spacial score (nSPS) is 20.0. The molecule has 0 unspecified atom stereocenters. The van der Waals surface area contributed by atoms with Crippen LogP contribution < -0.4 is 10.6 Å². The largest absolute Gasteiger partial charge is 0.381 e. The maximum Gasteiger partial charge on any atom is 0.315 e. The van der Waals surface area contributed by atoms with Crippen LogP contribution >= 0.6 is 0 Å². The standard InChI is InChI=1S/C17H26N2O2/c1-13(17(2,3)15-7-5-4-6-8-15)19-16(20)18-11-14-9-10-21-12-14/h4-8,13-14H,9-12H2,1-3H3,(H2,18,19,20)/t13-,14+/m0/s1. The summed E-state index contributed by atoms with van der Waals surface area (Å²) in [6.07, 6.45) is 1.03. The molecule has 4 heteroatoms. The molecule has 0 bridgehead atoms. The van der Waals surface area contributed by atoms with Crippen molar-refractivity contribution >= 4 is 6.03 Å². The summed E-state index contributed by atoms with van der Waals surface area (Å²) in [7, 11) is 0. The highest BCUT2D eigenvalue weighted by Crippen LogP contribution is 2.26. The predicted octanol–water partition coefficient (Wildman–Crippen LogP) is 2.69. The van der Waals surface area contributed by atoms with E-state index in [9.17, 15) is 4.79 Å². The molecule has 0 aliphatic carbocycles. The SMILES string of the molecule is C[C@H](NC(=O)NC[C@H]1CCOC1)C(C)(C)c1ccccc1. The van der Waals surface area contributed by atoms with Gasteiger partial charge in [-0.15, -0.1) is 0 Å². The topological polar surface area (TPSA) is 50.4 Å². The van der Waals surface area contributed by atoms with Crippen molar-refractivity contribution in [2.45, 2.75) is 38.6 Å². The second-order valence-corrected chi connectivity index (χ2v) is 6.39. The fourth-order valence-corrected chi connectivity index (χ4v) is 2.53. The Morgan fingerprint density at radius 1 is 1.38 bits per heavy atom. The minimum Gasteiger partial charge on any atom is -0.381 e. The third kappa shape index (κ3) is 4.21. The maximum atomic E-state index is 12.0. The van der Waals surface area contributed by atoms with E-state index < -0.39 is 0 Å². The number of urea groups is 1. The molecule has 0 aromatic heterocycles. The molecule has 1 aromatic rings. The van der Waals surface area contributed by atoms with E-state index in [1.807, 2.05) is 25.1 Å². The number of benzene rings is 1. The lowest BCUT2D eigenvalue weighted by atomic mass is 9.78. The molecule has 116 valence electrons. The molecule has 0 radical (unpaired) electrons. The van der Waals surface area contributed by atoms with E-state index in [1.165, 1.54) is 5.56 Å². The lowest BCUT2D eigenvalue weighted by molar-refractivity contribution is 0.184. The summed E-state index contributed by atoms with van der Waals surface area (Å²) in [6.45, 7) is 8.60. The van der Waals surface area contributed by atoms with Crippen molar-refractivity contribution in [3.8, 4) is 0 Å². The molecule has 2 N–H and O–H groups in total. The molecule has 2 rings (SSSR count). The third-order valence-corrected chi connectivity index (χ3v) is 4.52. The van der Waals surface area contributed by atoms with Gasteiger partial charge < -0.3 is 15.4 Å². The van der Waals surface area contributed by atoms with Gasteiger partial charge in [0.15, 0.2) is 0 Å². The second-order valence-electron chi connectivity index (χ2n) is 6.39. The van der Waals surface area contributed by atoms with E-state index in [2.05, 4.69) is 36.6 Å². The Morgan fingerprint density at radius 3 is 2.71 bits per heavy atom. The smallest absolute Gasteiger partial charge is 0.315 e. The zero-order chi connectivity index (χ0) is 15.3. The lowest BCUT2D eigenvalue weighted by Crippen LogP contribution is -2.49. The summed E-state index contributed by atoms with van der Waals surface area (Å²) in [5.41, 5.74) is 1.11. The Balaban J connectivity index is 1.84. The Hall–Kier alpha value is -1.55. The maximum absolute atomic E-state index is 12.0. The summed E-state index contributed by atoms with van der Waals surface area (Å²) in [5, 5.41) is 6.00. The van der Waals surface area contributed by atoms with Crippen molar-refractivity contribution < 1.29 is 9.53 Å². The van der Waals surface area contributed by atoms with Gasteiger partial charge in [0.2, 0.25) is 0 Å². The number of rotatable bonds is 5. The van der Waals surface area contributed by atoms with Crippen molar-refractivity contribution in [2.75, 3.05) is 19.8 Å². The van der Waals surface area contributed by atoms with Crippen LogP contribution in [0.3, 0.4) is 0 Å². The van der Waals surface area contributed by atoms with Crippen molar-refractivity contribution in [2.24, 2.45) is 5.92 Å². The van der Waals surface area contributed by atoms with Crippen LogP contribution in [0.25, 0.3) is 0 Å². The first-order valence-corrected chi connectivity index (χ1v) is 7.68. The minimum atomic E-state index is -0.116. The summed E-state index contributed by atoms with van der Waals surface area (Å²) < 4.78 is 5.31. The third-order valence-electron chi connectivity index (χ3n) is 4.52. The number of carbonyl (C=O) groups is 1. The average molecular weight is 290 g/mol. The monoisotopic (exact) mass is 290 g/mol. The number of ether oxygens (including phenoxy) is 1. The van der Waals surface area contributed by atoms with Crippen LogP contribution in [0, 0.1) is 5.92 Å². The van der Waals surface area contributed by atoms with E-state index in [1.54, 1.807) is 0 Å². The number of hydrogen-bond donors (Lipinski definition) is 2. The van der Waals surface area contributed by atoms with E-state index >= 15 is 0 Å². The Morgan fingerprint density at radius 2 is 2.10 bits per heavy atom. The van der Waals surface area contributed by atoms with Gasteiger partial charge in [-0.2, -0.15) is 0 Å².